The Kier molecular flexibility index (Phi) is 8.76. The lowest BCUT2D eigenvalue weighted by Gasteiger charge is -2.34. The molecule has 294 valence electrons. The van der Waals surface area contributed by atoms with Gasteiger partial charge in [-0.15, -0.1) is 0 Å². The first-order valence-corrected chi connectivity index (χ1v) is 21.6. The highest BCUT2D eigenvalue weighted by Crippen LogP contribution is 2.58. The summed E-state index contributed by atoms with van der Waals surface area (Å²) in [6.07, 6.45) is 0. The molecule has 1 aliphatic carbocycles. The molecule has 12 rings (SSSR count). The maximum atomic E-state index is 5.31. The van der Waals surface area contributed by atoms with Crippen LogP contribution in [-0.2, 0) is 5.41 Å². The normalized spacial score (nSPS) is 12.6. The Morgan fingerprint density at radius 3 is 1.46 bits per heavy atom. The van der Waals surface area contributed by atoms with Crippen molar-refractivity contribution < 1.29 is 0 Å². The van der Waals surface area contributed by atoms with Crippen molar-refractivity contribution in [2.24, 2.45) is 0 Å². The Labute approximate surface area is 367 Å². The van der Waals surface area contributed by atoms with Gasteiger partial charge in [0.25, 0.3) is 0 Å². The van der Waals surface area contributed by atoms with Crippen LogP contribution in [0.25, 0.3) is 88.8 Å². The molecule has 0 N–H and O–H groups in total. The summed E-state index contributed by atoms with van der Waals surface area (Å²) >= 11 is 0. The minimum atomic E-state index is -0.498. The van der Waals surface area contributed by atoms with E-state index in [0.29, 0.717) is 5.82 Å². The second-order valence-corrected chi connectivity index (χ2v) is 16.4. The molecule has 0 bridgehead atoms. The standard InChI is InChI=1S/C61H40N2/c1-5-17-41(18-6-1)42-29-31-45(32-30-42)60-62-57(44-20-7-2-8-21-44)40-58(63-60)53-37-36-49(51-27-15-16-28-52(51)53)46-34-38-56-55(39-46)54-35-33-43-19-13-14-26-50(43)59(54)61(56,47-22-9-3-10-23-47)48-24-11-4-12-25-48/h1-40H. The van der Waals surface area contributed by atoms with Crippen molar-refractivity contribution >= 4 is 21.5 Å². The van der Waals surface area contributed by atoms with Crippen molar-refractivity contribution in [2.45, 2.75) is 5.41 Å². The maximum absolute atomic E-state index is 5.31. The van der Waals surface area contributed by atoms with E-state index in [4.69, 9.17) is 9.97 Å². The first kappa shape index (κ1) is 36.6. The van der Waals surface area contributed by atoms with E-state index in [9.17, 15) is 0 Å². The number of benzene rings is 10. The molecule has 2 heteroatoms. The topological polar surface area (TPSA) is 25.8 Å². The Morgan fingerprint density at radius 2 is 0.778 bits per heavy atom. The zero-order valence-electron chi connectivity index (χ0n) is 34.5. The third-order valence-corrected chi connectivity index (χ3v) is 13.0. The second kappa shape index (κ2) is 15.1. The molecule has 2 nitrogen and oxygen atoms in total. The van der Waals surface area contributed by atoms with Crippen LogP contribution in [0.15, 0.2) is 243 Å². The van der Waals surface area contributed by atoms with E-state index >= 15 is 0 Å². The highest BCUT2D eigenvalue weighted by atomic mass is 14.9. The highest BCUT2D eigenvalue weighted by Gasteiger charge is 2.47. The van der Waals surface area contributed by atoms with Gasteiger partial charge in [-0.2, -0.15) is 0 Å². The van der Waals surface area contributed by atoms with Crippen LogP contribution in [0, 0.1) is 0 Å². The predicted molar refractivity (Wildman–Crippen MR) is 262 cm³/mol. The van der Waals surface area contributed by atoms with Crippen LogP contribution in [0.1, 0.15) is 22.3 Å². The smallest absolute Gasteiger partial charge is 0.160 e. The maximum Gasteiger partial charge on any atom is 0.160 e. The average molecular weight is 801 g/mol. The number of nitrogens with zero attached hydrogens (tertiary/aromatic N) is 2. The lowest BCUT2D eigenvalue weighted by molar-refractivity contribution is 0.775. The highest BCUT2D eigenvalue weighted by molar-refractivity contribution is 6.06. The monoisotopic (exact) mass is 800 g/mol. The zero-order chi connectivity index (χ0) is 41.7. The van der Waals surface area contributed by atoms with E-state index in [1.807, 2.05) is 12.1 Å². The van der Waals surface area contributed by atoms with Crippen LogP contribution in [-0.4, -0.2) is 9.97 Å². The molecule has 0 atom stereocenters. The number of rotatable bonds is 7. The summed E-state index contributed by atoms with van der Waals surface area (Å²) in [5.41, 5.74) is 16.8. The van der Waals surface area contributed by atoms with Crippen LogP contribution in [0.4, 0.5) is 0 Å². The minimum Gasteiger partial charge on any atom is -0.228 e. The van der Waals surface area contributed by atoms with Gasteiger partial charge in [0.05, 0.1) is 16.8 Å². The molecule has 0 aliphatic heterocycles. The van der Waals surface area contributed by atoms with E-state index in [-0.39, 0.29) is 0 Å². The van der Waals surface area contributed by atoms with Gasteiger partial charge in [0.2, 0.25) is 0 Å². The van der Waals surface area contributed by atoms with Crippen LogP contribution in [0.2, 0.25) is 0 Å². The van der Waals surface area contributed by atoms with E-state index in [2.05, 4.69) is 231 Å². The van der Waals surface area contributed by atoms with Crippen molar-refractivity contribution in [3.63, 3.8) is 0 Å². The molecule has 0 saturated heterocycles. The third-order valence-electron chi connectivity index (χ3n) is 13.0. The summed E-state index contributed by atoms with van der Waals surface area (Å²) in [6, 6.07) is 87.8. The summed E-state index contributed by atoms with van der Waals surface area (Å²) in [4.78, 5) is 10.5. The van der Waals surface area contributed by atoms with Gasteiger partial charge in [0.1, 0.15) is 0 Å². The Morgan fingerprint density at radius 1 is 0.286 bits per heavy atom. The molecular weight excluding hydrogens is 761 g/mol. The first-order valence-electron chi connectivity index (χ1n) is 21.6. The number of hydrogen-bond donors (Lipinski definition) is 0. The summed E-state index contributed by atoms with van der Waals surface area (Å²) < 4.78 is 0. The molecule has 0 unspecified atom stereocenters. The van der Waals surface area contributed by atoms with Gasteiger partial charge in [0.15, 0.2) is 5.82 Å². The van der Waals surface area contributed by atoms with E-state index in [1.54, 1.807) is 0 Å². The molecule has 63 heavy (non-hydrogen) atoms. The molecule has 0 fully saturated rings. The fraction of sp³-hybridized carbons (Fsp3) is 0.0164. The molecule has 11 aromatic rings. The van der Waals surface area contributed by atoms with Gasteiger partial charge in [-0.1, -0.05) is 231 Å². The fourth-order valence-electron chi connectivity index (χ4n) is 10.1. The number of fused-ring (bicyclic) bond motifs is 6. The van der Waals surface area contributed by atoms with Crippen LogP contribution >= 0.6 is 0 Å². The molecule has 1 heterocycles. The van der Waals surface area contributed by atoms with Gasteiger partial charge in [-0.05, 0) is 89.3 Å². The van der Waals surface area contributed by atoms with Crippen molar-refractivity contribution in [3.05, 3.63) is 265 Å². The molecule has 10 aromatic carbocycles. The molecule has 1 aromatic heterocycles. The van der Waals surface area contributed by atoms with Gasteiger partial charge in [0, 0.05) is 16.7 Å². The van der Waals surface area contributed by atoms with Crippen molar-refractivity contribution in [1.29, 1.82) is 0 Å². The Bertz CT molecular complexity index is 3430. The van der Waals surface area contributed by atoms with Crippen molar-refractivity contribution in [2.75, 3.05) is 0 Å². The van der Waals surface area contributed by atoms with Crippen molar-refractivity contribution in [1.82, 2.24) is 9.97 Å². The molecular formula is C61H40N2. The van der Waals surface area contributed by atoms with Gasteiger partial charge >= 0.3 is 0 Å². The molecule has 0 saturated carbocycles. The molecule has 0 spiro atoms. The Balaban J connectivity index is 1.03. The zero-order valence-corrected chi connectivity index (χ0v) is 34.5. The molecule has 1 aliphatic rings. The minimum absolute atomic E-state index is 0.498. The quantitative estimate of drug-likeness (QED) is 0.160. The third kappa shape index (κ3) is 6.02. The van der Waals surface area contributed by atoms with E-state index in [1.165, 1.54) is 66.2 Å². The Hall–Kier alpha value is -8.20. The van der Waals surface area contributed by atoms with Gasteiger partial charge in [-0.25, -0.2) is 9.97 Å². The van der Waals surface area contributed by atoms with E-state index < -0.39 is 5.41 Å². The van der Waals surface area contributed by atoms with Crippen molar-refractivity contribution in [3.8, 4) is 67.3 Å². The average Bonchev–Trinajstić information content (AvgIpc) is 3.68. The summed E-state index contributed by atoms with van der Waals surface area (Å²) in [7, 11) is 0. The molecule has 0 radical (unpaired) electrons. The van der Waals surface area contributed by atoms with Gasteiger partial charge in [-0.3, -0.25) is 0 Å². The van der Waals surface area contributed by atoms with E-state index in [0.717, 1.165) is 39.0 Å². The SMILES string of the molecule is c1ccc(-c2ccc(-c3nc(-c4ccccc4)cc(-c4ccc(-c5ccc6c(c5)-c5ccc7ccccc7c5C6(c5ccccc5)c5ccccc5)c5ccccc45)n3)cc2)cc1. The van der Waals surface area contributed by atoms with Crippen LogP contribution in [0.3, 0.4) is 0 Å². The lowest BCUT2D eigenvalue weighted by Crippen LogP contribution is -2.28. The first-order chi connectivity index (χ1) is 31.2. The summed E-state index contributed by atoms with van der Waals surface area (Å²) in [6.45, 7) is 0. The fourth-order valence-corrected chi connectivity index (χ4v) is 10.1. The number of hydrogen-bond acceptors (Lipinski definition) is 2. The second-order valence-electron chi connectivity index (χ2n) is 16.4. The summed E-state index contributed by atoms with van der Waals surface area (Å²) in [5, 5.41) is 4.85. The number of aromatic nitrogens is 2. The predicted octanol–water partition coefficient (Wildman–Crippen LogP) is 15.5. The van der Waals surface area contributed by atoms with Crippen LogP contribution in [0.5, 0.6) is 0 Å². The molecule has 0 amide bonds. The van der Waals surface area contributed by atoms with Gasteiger partial charge < -0.3 is 0 Å². The summed E-state index contributed by atoms with van der Waals surface area (Å²) in [5.74, 6) is 0.698. The largest absolute Gasteiger partial charge is 0.228 e. The van der Waals surface area contributed by atoms with Crippen LogP contribution < -0.4 is 0 Å². The lowest BCUT2D eigenvalue weighted by atomic mass is 9.66.